The molecule has 1 aromatic carbocycles. The highest BCUT2D eigenvalue weighted by Gasteiger charge is 2.12. The van der Waals surface area contributed by atoms with Gasteiger partial charge in [0.2, 0.25) is 0 Å². The summed E-state index contributed by atoms with van der Waals surface area (Å²) in [5.41, 5.74) is 3.20. The Morgan fingerprint density at radius 1 is 1.35 bits per heavy atom. The van der Waals surface area contributed by atoms with Crippen molar-refractivity contribution in [2.45, 2.75) is 38.1 Å². The number of aryl methyl sites for hydroxylation is 1. The Labute approximate surface area is 101 Å². The number of nitrogens with one attached hydrogen (secondary N) is 1. The predicted octanol–water partition coefficient (Wildman–Crippen LogP) is 2.90. The first-order valence-corrected chi connectivity index (χ1v) is 6.47. The Balaban J connectivity index is 1.63. The summed E-state index contributed by atoms with van der Waals surface area (Å²) in [5.74, 6) is 0. The van der Waals surface area contributed by atoms with Crippen LogP contribution in [0.2, 0.25) is 0 Å². The molecule has 1 aliphatic rings. The Kier molecular flexibility index (Phi) is 3.10. The molecule has 90 valence electrons. The molecular weight excluding hydrogens is 212 g/mol. The Hall–Kier alpha value is -1.35. The topological polar surface area (TPSA) is 38.1 Å². The zero-order valence-corrected chi connectivity index (χ0v) is 9.98. The third-order valence-electron chi connectivity index (χ3n) is 3.59. The lowest BCUT2D eigenvalue weighted by Crippen LogP contribution is -2.34. The van der Waals surface area contributed by atoms with Crippen LogP contribution >= 0.6 is 0 Å². The highest BCUT2D eigenvalue weighted by atomic mass is 16.3. The minimum Gasteiger partial charge on any atom is -0.443 e. The van der Waals surface area contributed by atoms with E-state index < -0.39 is 0 Å². The predicted molar refractivity (Wildman–Crippen MR) is 68.0 cm³/mol. The van der Waals surface area contributed by atoms with Gasteiger partial charge in [-0.25, -0.2) is 4.98 Å². The average molecular weight is 230 g/mol. The molecule has 1 N–H and O–H groups in total. The van der Waals surface area contributed by atoms with E-state index in [1.165, 1.54) is 44.2 Å². The van der Waals surface area contributed by atoms with E-state index >= 15 is 0 Å². The van der Waals surface area contributed by atoms with Crippen LogP contribution in [0.3, 0.4) is 0 Å². The lowest BCUT2D eigenvalue weighted by atomic mass is 9.98. The van der Waals surface area contributed by atoms with Gasteiger partial charge in [0, 0.05) is 6.04 Å². The fraction of sp³-hybridized carbons (Fsp3) is 0.500. The number of piperidine rings is 1. The Bertz CT molecular complexity index is 486. The van der Waals surface area contributed by atoms with Crippen LogP contribution in [0.1, 0.15) is 31.2 Å². The summed E-state index contributed by atoms with van der Waals surface area (Å²) >= 11 is 0. The maximum atomic E-state index is 5.32. The highest BCUT2D eigenvalue weighted by Crippen LogP contribution is 2.17. The molecule has 3 nitrogen and oxygen atoms in total. The van der Waals surface area contributed by atoms with Crippen molar-refractivity contribution in [3.8, 4) is 0 Å². The van der Waals surface area contributed by atoms with E-state index in [4.69, 9.17) is 4.42 Å². The van der Waals surface area contributed by atoms with Gasteiger partial charge in [-0.1, -0.05) is 12.5 Å². The van der Waals surface area contributed by atoms with Crippen molar-refractivity contribution in [1.29, 1.82) is 0 Å². The molecule has 0 spiro atoms. The summed E-state index contributed by atoms with van der Waals surface area (Å²) < 4.78 is 5.32. The van der Waals surface area contributed by atoms with Gasteiger partial charge < -0.3 is 9.73 Å². The molecule has 0 aliphatic carbocycles. The van der Waals surface area contributed by atoms with Crippen LogP contribution in [0, 0.1) is 0 Å². The van der Waals surface area contributed by atoms with Crippen molar-refractivity contribution in [3.05, 3.63) is 30.2 Å². The van der Waals surface area contributed by atoms with E-state index in [1.807, 2.05) is 6.07 Å². The molecule has 3 rings (SSSR count). The van der Waals surface area contributed by atoms with Crippen LogP contribution in [0.5, 0.6) is 0 Å². The van der Waals surface area contributed by atoms with Crippen LogP contribution < -0.4 is 5.32 Å². The second-order valence-corrected chi connectivity index (χ2v) is 4.84. The quantitative estimate of drug-likeness (QED) is 0.881. The van der Waals surface area contributed by atoms with E-state index in [2.05, 4.69) is 22.4 Å². The van der Waals surface area contributed by atoms with Gasteiger partial charge in [0.1, 0.15) is 5.52 Å². The molecule has 2 heterocycles. The molecule has 1 fully saturated rings. The number of oxazole rings is 1. The monoisotopic (exact) mass is 230 g/mol. The molecule has 0 saturated carbocycles. The Morgan fingerprint density at radius 3 is 3.24 bits per heavy atom. The molecule has 0 radical (unpaired) electrons. The first-order chi connectivity index (χ1) is 8.42. The van der Waals surface area contributed by atoms with Crippen LogP contribution in [-0.4, -0.2) is 17.6 Å². The lowest BCUT2D eigenvalue weighted by molar-refractivity contribution is 0.383. The van der Waals surface area contributed by atoms with Crippen molar-refractivity contribution in [3.63, 3.8) is 0 Å². The van der Waals surface area contributed by atoms with Crippen molar-refractivity contribution in [1.82, 2.24) is 10.3 Å². The number of hydrogen-bond acceptors (Lipinski definition) is 3. The maximum absolute atomic E-state index is 5.32. The number of rotatable bonds is 3. The number of aromatic nitrogens is 1. The number of nitrogens with zero attached hydrogens (tertiary/aromatic N) is 1. The molecule has 1 atom stereocenters. The lowest BCUT2D eigenvalue weighted by Gasteiger charge is -2.23. The second-order valence-electron chi connectivity index (χ2n) is 4.84. The van der Waals surface area contributed by atoms with Gasteiger partial charge in [-0.3, -0.25) is 0 Å². The van der Waals surface area contributed by atoms with Crippen molar-refractivity contribution in [2.75, 3.05) is 6.54 Å². The largest absolute Gasteiger partial charge is 0.443 e. The van der Waals surface area contributed by atoms with Crippen LogP contribution in [0.4, 0.5) is 0 Å². The van der Waals surface area contributed by atoms with Gasteiger partial charge >= 0.3 is 0 Å². The number of fused-ring (bicyclic) bond motifs is 1. The standard InChI is InChI=1S/C14H18N2O/c1-2-8-15-12(3-1)6-4-11-5-7-13-14(9-11)17-10-16-13/h5,7,9-10,12,15H,1-4,6,8H2. The normalized spacial score (nSPS) is 20.8. The second kappa shape index (κ2) is 4.88. The summed E-state index contributed by atoms with van der Waals surface area (Å²) in [6.45, 7) is 1.19. The van der Waals surface area contributed by atoms with Gasteiger partial charge in [0.15, 0.2) is 12.0 Å². The molecule has 0 bridgehead atoms. The van der Waals surface area contributed by atoms with Gasteiger partial charge in [-0.15, -0.1) is 0 Å². The third kappa shape index (κ3) is 2.50. The fourth-order valence-corrected chi connectivity index (χ4v) is 2.57. The zero-order valence-electron chi connectivity index (χ0n) is 9.98. The van der Waals surface area contributed by atoms with E-state index in [9.17, 15) is 0 Å². The van der Waals surface area contributed by atoms with E-state index in [1.54, 1.807) is 0 Å². The summed E-state index contributed by atoms with van der Waals surface area (Å²) in [6, 6.07) is 7.02. The van der Waals surface area contributed by atoms with Crippen molar-refractivity contribution >= 4 is 11.1 Å². The zero-order chi connectivity index (χ0) is 11.5. The molecule has 2 aromatic rings. The Morgan fingerprint density at radius 2 is 2.35 bits per heavy atom. The van der Waals surface area contributed by atoms with Gasteiger partial charge in [-0.2, -0.15) is 0 Å². The van der Waals surface area contributed by atoms with Gasteiger partial charge in [-0.05, 0) is 49.9 Å². The highest BCUT2D eigenvalue weighted by molar-refractivity contribution is 5.72. The summed E-state index contributed by atoms with van der Waals surface area (Å²) in [5, 5.41) is 3.59. The minimum atomic E-state index is 0.703. The molecular formula is C14H18N2O. The smallest absolute Gasteiger partial charge is 0.181 e. The minimum absolute atomic E-state index is 0.703. The van der Waals surface area contributed by atoms with Crippen molar-refractivity contribution in [2.24, 2.45) is 0 Å². The molecule has 17 heavy (non-hydrogen) atoms. The molecule has 1 aromatic heterocycles. The van der Waals surface area contributed by atoms with Gasteiger partial charge in [0.25, 0.3) is 0 Å². The summed E-state index contributed by atoms with van der Waals surface area (Å²) in [4.78, 5) is 4.13. The molecule has 1 saturated heterocycles. The summed E-state index contributed by atoms with van der Waals surface area (Å²) in [7, 11) is 0. The van der Waals surface area contributed by atoms with Crippen LogP contribution in [0.15, 0.2) is 29.0 Å². The SMILES string of the molecule is c1nc2ccc(CCC3CCCCN3)cc2o1. The first kappa shape index (κ1) is 10.8. The van der Waals surface area contributed by atoms with E-state index in [0.717, 1.165) is 17.5 Å². The van der Waals surface area contributed by atoms with Crippen LogP contribution in [-0.2, 0) is 6.42 Å². The molecule has 1 unspecified atom stereocenters. The molecule has 1 aliphatic heterocycles. The van der Waals surface area contributed by atoms with Crippen molar-refractivity contribution < 1.29 is 4.42 Å². The maximum Gasteiger partial charge on any atom is 0.181 e. The average Bonchev–Trinajstić information content (AvgIpc) is 2.85. The fourth-order valence-electron chi connectivity index (χ4n) is 2.57. The number of hydrogen-bond donors (Lipinski definition) is 1. The van der Waals surface area contributed by atoms with E-state index in [-0.39, 0.29) is 0 Å². The molecule has 0 amide bonds. The first-order valence-electron chi connectivity index (χ1n) is 6.47. The van der Waals surface area contributed by atoms with Gasteiger partial charge in [0.05, 0.1) is 0 Å². The molecule has 3 heteroatoms. The van der Waals surface area contributed by atoms with E-state index in [0.29, 0.717) is 6.04 Å². The third-order valence-corrected chi connectivity index (χ3v) is 3.59. The van der Waals surface area contributed by atoms with Crippen LogP contribution in [0.25, 0.3) is 11.1 Å². The summed E-state index contributed by atoms with van der Waals surface area (Å²) in [6.07, 6.45) is 7.88. The number of benzene rings is 1.